The summed E-state index contributed by atoms with van der Waals surface area (Å²) in [5.41, 5.74) is 1.07. The maximum atomic E-state index is 11.9. The van der Waals surface area contributed by atoms with Gasteiger partial charge < -0.3 is 10.6 Å². The standard InChI is InChI=1S/C15H25N3O3S/c1-4-5-6-7-10-17-15(19)18-13-9-8-12(2)14(11-13)22(20,21)16-3/h8-9,11,16H,4-7,10H2,1-3H3,(H2,17,18,19). The summed E-state index contributed by atoms with van der Waals surface area (Å²) in [6.07, 6.45) is 4.34. The van der Waals surface area contributed by atoms with Crippen LogP contribution < -0.4 is 15.4 Å². The fourth-order valence-electron chi connectivity index (χ4n) is 2.01. The van der Waals surface area contributed by atoms with Gasteiger partial charge >= 0.3 is 6.03 Å². The molecule has 0 radical (unpaired) electrons. The summed E-state index contributed by atoms with van der Waals surface area (Å²) < 4.78 is 26.1. The lowest BCUT2D eigenvalue weighted by Gasteiger charge is -2.11. The van der Waals surface area contributed by atoms with E-state index in [9.17, 15) is 13.2 Å². The first-order valence-electron chi connectivity index (χ1n) is 7.49. The number of aryl methyl sites for hydroxylation is 1. The van der Waals surface area contributed by atoms with Gasteiger partial charge in [0.05, 0.1) is 4.90 Å². The second-order valence-corrected chi connectivity index (χ2v) is 6.98. The molecule has 0 saturated carbocycles. The maximum Gasteiger partial charge on any atom is 0.319 e. The van der Waals surface area contributed by atoms with Crippen LogP contribution in [0.2, 0.25) is 0 Å². The molecular weight excluding hydrogens is 302 g/mol. The Morgan fingerprint density at radius 2 is 1.91 bits per heavy atom. The Kier molecular flexibility index (Phi) is 7.34. The molecule has 124 valence electrons. The van der Waals surface area contributed by atoms with Crippen molar-refractivity contribution in [2.24, 2.45) is 0 Å². The van der Waals surface area contributed by atoms with E-state index in [-0.39, 0.29) is 10.9 Å². The molecule has 1 rings (SSSR count). The van der Waals surface area contributed by atoms with Gasteiger partial charge in [0, 0.05) is 12.2 Å². The van der Waals surface area contributed by atoms with E-state index in [0.717, 1.165) is 25.7 Å². The van der Waals surface area contributed by atoms with E-state index in [1.54, 1.807) is 19.1 Å². The molecule has 0 saturated heterocycles. The van der Waals surface area contributed by atoms with Crippen LogP contribution in [-0.2, 0) is 10.0 Å². The smallest absolute Gasteiger partial charge is 0.319 e. The van der Waals surface area contributed by atoms with Gasteiger partial charge in [0.15, 0.2) is 0 Å². The highest BCUT2D eigenvalue weighted by Crippen LogP contribution is 2.19. The summed E-state index contributed by atoms with van der Waals surface area (Å²) in [5.74, 6) is 0. The van der Waals surface area contributed by atoms with Gasteiger partial charge in [0.2, 0.25) is 10.0 Å². The molecule has 0 heterocycles. The molecule has 6 nitrogen and oxygen atoms in total. The highest BCUT2D eigenvalue weighted by atomic mass is 32.2. The van der Waals surface area contributed by atoms with Gasteiger partial charge in [0.1, 0.15) is 0 Å². The van der Waals surface area contributed by atoms with Gasteiger partial charge in [0.25, 0.3) is 0 Å². The summed E-state index contributed by atoms with van der Waals surface area (Å²) in [6, 6.07) is 4.48. The average molecular weight is 327 g/mol. The Morgan fingerprint density at radius 3 is 2.55 bits per heavy atom. The predicted molar refractivity (Wildman–Crippen MR) is 88.6 cm³/mol. The quantitative estimate of drug-likeness (QED) is 0.641. The summed E-state index contributed by atoms with van der Waals surface area (Å²) in [4.78, 5) is 11.9. The van der Waals surface area contributed by atoms with Crippen LogP contribution in [0.1, 0.15) is 38.2 Å². The summed E-state index contributed by atoms with van der Waals surface area (Å²) in [7, 11) is -2.18. The van der Waals surface area contributed by atoms with Crippen molar-refractivity contribution < 1.29 is 13.2 Å². The number of carbonyl (C=O) groups is 1. The monoisotopic (exact) mass is 327 g/mol. The van der Waals surface area contributed by atoms with E-state index in [1.165, 1.54) is 13.1 Å². The van der Waals surface area contributed by atoms with Crippen molar-refractivity contribution in [3.05, 3.63) is 23.8 Å². The molecule has 0 atom stereocenters. The molecular formula is C15H25N3O3S. The number of nitrogens with one attached hydrogen (secondary N) is 3. The van der Waals surface area contributed by atoms with E-state index < -0.39 is 10.0 Å². The Bertz CT molecular complexity index is 600. The van der Waals surface area contributed by atoms with E-state index in [2.05, 4.69) is 22.3 Å². The third-order valence-electron chi connectivity index (χ3n) is 3.32. The van der Waals surface area contributed by atoms with E-state index >= 15 is 0 Å². The largest absolute Gasteiger partial charge is 0.338 e. The normalized spacial score (nSPS) is 11.2. The first-order chi connectivity index (χ1) is 10.4. The van der Waals surface area contributed by atoms with Crippen LogP contribution >= 0.6 is 0 Å². The molecule has 3 N–H and O–H groups in total. The van der Waals surface area contributed by atoms with Crippen LogP contribution in [0.25, 0.3) is 0 Å². The molecule has 0 aromatic heterocycles. The predicted octanol–water partition coefficient (Wildman–Crippen LogP) is 2.60. The zero-order valence-corrected chi connectivity index (χ0v) is 14.2. The zero-order valence-electron chi connectivity index (χ0n) is 13.4. The molecule has 7 heteroatoms. The molecule has 0 unspecified atom stereocenters. The van der Waals surface area contributed by atoms with Crippen LogP contribution in [0.3, 0.4) is 0 Å². The number of hydrogen-bond donors (Lipinski definition) is 3. The Morgan fingerprint density at radius 1 is 1.18 bits per heavy atom. The fraction of sp³-hybridized carbons (Fsp3) is 0.533. The van der Waals surface area contributed by atoms with Crippen molar-refractivity contribution in [3.63, 3.8) is 0 Å². The first-order valence-corrected chi connectivity index (χ1v) is 8.98. The summed E-state index contributed by atoms with van der Waals surface area (Å²) >= 11 is 0. The molecule has 0 bridgehead atoms. The second kappa shape index (κ2) is 8.75. The SMILES string of the molecule is CCCCCCNC(=O)Nc1ccc(C)c(S(=O)(=O)NC)c1. The Balaban J connectivity index is 2.63. The summed E-state index contributed by atoms with van der Waals surface area (Å²) in [5, 5.41) is 5.42. The van der Waals surface area contributed by atoms with Gasteiger partial charge in [-0.3, -0.25) is 0 Å². The third-order valence-corrected chi connectivity index (χ3v) is 4.88. The lowest BCUT2D eigenvalue weighted by Crippen LogP contribution is -2.29. The van der Waals surface area contributed by atoms with Gasteiger partial charge in [-0.25, -0.2) is 17.9 Å². The van der Waals surface area contributed by atoms with Crippen LogP contribution in [0.5, 0.6) is 0 Å². The van der Waals surface area contributed by atoms with Crippen molar-refractivity contribution in [2.75, 3.05) is 18.9 Å². The van der Waals surface area contributed by atoms with Gasteiger partial charge in [-0.2, -0.15) is 0 Å². The molecule has 2 amide bonds. The molecule has 0 fully saturated rings. The number of amides is 2. The van der Waals surface area contributed by atoms with E-state index in [4.69, 9.17) is 0 Å². The number of anilines is 1. The minimum Gasteiger partial charge on any atom is -0.338 e. The van der Waals surface area contributed by atoms with Crippen molar-refractivity contribution in [3.8, 4) is 0 Å². The van der Waals surface area contributed by atoms with Crippen LogP contribution in [0.4, 0.5) is 10.5 Å². The first kappa shape index (κ1) is 18.4. The van der Waals surface area contributed by atoms with Crippen LogP contribution in [0, 0.1) is 6.92 Å². The van der Waals surface area contributed by atoms with Crippen molar-refractivity contribution in [1.82, 2.24) is 10.0 Å². The molecule has 1 aromatic carbocycles. The van der Waals surface area contributed by atoms with Crippen molar-refractivity contribution in [1.29, 1.82) is 0 Å². The minimum atomic E-state index is -3.54. The second-order valence-electron chi connectivity index (χ2n) is 5.13. The van der Waals surface area contributed by atoms with Crippen LogP contribution in [-0.4, -0.2) is 28.0 Å². The molecule has 22 heavy (non-hydrogen) atoms. The molecule has 1 aromatic rings. The Labute approximate surface area is 132 Å². The topological polar surface area (TPSA) is 87.3 Å². The molecule has 0 spiro atoms. The number of urea groups is 1. The fourth-order valence-corrected chi connectivity index (χ4v) is 3.00. The lowest BCUT2D eigenvalue weighted by atomic mass is 10.2. The molecule has 0 aliphatic heterocycles. The minimum absolute atomic E-state index is 0.163. The highest BCUT2D eigenvalue weighted by molar-refractivity contribution is 7.89. The average Bonchev–Trinajstić information content (AvgIpc) is 2.49. The molecule has 0 aliphatic carbocycles. The number of rotatable bonds is 8. The van der Waals surface area contributed by atoms with Crippen LogP contribution in [0.15, 0.2) is 23.1 Å². The number of carbonyl (C=O) groups excluding carboxylic acids is 1. The van der Waals surface area contributed by atoms with Gasteiger partial charge in [-0.15, -0.1) is 0 Å². The number of benzene rings is 1. The molecule has 0 aliphatic rings. The number of hydrogen-bond acceptors (Lipinski definition) is 3. The van der Waals surface area contributed by atoms with E-state index in [1.807, 2.05) is 0 Å². The third kappa shape index (κ3) is 5.65. The Hall–Kier alpha value is -1.60. The zero-order chi connectivity index (χ0) is 16.6. The number of sulfonamides is 1. The number of unbranched alkanes of at least 4 members (excludes halogenated alkanes) is 3. The van der Waals surface area contributed by atoms with Gasteiger partial charge in [-0.05, 0) is 38.1 Å². The van der Waals surface area contributed by atoms with Crippen molar-refractivity contribution >= 4 is 21.7 Å². The van der Waals surface area contributed by atoms with Crippen molar-refractivity contribution in [2.45, 2.75) is 44.4 Å². The lowest BCUT2D eigenvalue weighted by molar-refractivity contribution is 0.252. The van der Waals surface area contributed by atoms with E-state index in [0.29, 0.717) is 17.8 Å². The highest BCUT2D eigenvalue weighted by Gasteiger charge is 2.15. The van der Waals surface area contributed by atoms with Gasteiger partial charge in [-0.1, -0.05) is 32.3 Å². The maximum absolute atomic E-state index is 11.9. The summed E-state index contributed by atoms with van der Waals surface area (Å²) in [6.45, 7) is 4.45.